The Bertz CT molecular complexity index is 451. The van der Waals surface area contributed by atoms with Gasteiger partial charge in [0.15, 0.2) is 5.03 Å². The first-order valence-corrected chi connectivity index (χ1v) is 7.06. The summed E-state index contributed by atoms with van der Waals surface area (Å²) in [6.07, 6.45) is 2.52. The maximum Gasteiger partial charge on any atom is 0.255 e. The van der Waals surface area contributed by atoms with E-state index in [1.807, 2.05) is 20.8 Å². The Morgan fingerprint density at radius 1 is 1.50 bits per heavy atom. The van der Waals surface area contributed by atoms with Gasteiger partial charge in [0.1, 0.15) is 0 Å². The van der Waals surface area contributed by atoms with Crippen molar-refractivity contribution in [1.29, 1.82) is 0 Å². The summed E-state index contributed by atoms with van der Waals surface area (Å²) in [5.41, 5.74) is 0.784. The number of aromatic nitrogens is 2. The zero-order chi connectivity index (χ0) is 12.3. The third-order valence-corrected chi connectivity index (χ3v) is 3.45. The van der Waals surface area contributed by atoms with Crippen LogP contribution in [-0.4, -0.2) is 18.2 Å². The molecule has 1 rings (SSSR count). The average molecular weight is 245 g/mol. The largest absolute Gasteiger partial charge is 0.255 e. The summed E-state index contributed by atoms with van der Waals surface area (Å²) < 4.78 is 24.3. The molecule has 1 aromatic rings. The molecule has 0 radical (unpaired) electrons. The first-order valence-electron chi connectivity index (χ1n) is 5.51. The van der Waals surface area contributed by atoms with Gasteiger partial charge in [-0.05, 0) is 25.8 Å². The first-order chi connectivity index (χ1) is 7.40. The van der Waals surface area contributed by atoms with Crippen molar-refractivity contribution in [2.45, 2.75) is 51.1 Å². The zero-order valence-electron chi connectivity index (χ0n) is 9.97. The van der Waals surface area contributed by atoms with E-state index in [9.17, 15) is 8.42 Å². The summed E-state index contributed by atoms with van der Waals surface area (Å²) in [6.45, 7) is 5.94. The molecule has 1 atom stereocenters. The monoisotopic (exact) mass is 245 g/mol. The molecule has 0 bridgehead atoms. The predicted octanol–water partition coefficient (Wildman–Crippen LogP) is 1.45. The Labute approximate surface area is 96.7 Å². The zero-order valence-corrected chi connectivity index (χ0v) is 10.8. The second-order valence-corrected chi connectivity index (χ2v) is 5.48. The molecule has 5 nitrogen and oxygen atoms in total. The Kier molecular flexibility index (Phi) is 4.09. The number of primary sulfonamides is 1. The van der Waals surface area contributed by atoms with Crippen LogP contribution in [0.25, 0.3) is 0 Å². The molecular formula is C10H19N3O2S. The maximum atomic E-state index is 11.4. The molecule has 1 unspecified atom stereocenters. The second kappa shape index (κ2) is 4.97. The fourth-order valence-corrected chi connectivity index (χ4v) is 2.29. The van der Waals surface area contributed by atoms with Gasteiger partial charge in [0.05, 0.1) is 11.7 Å². The molecule has 16 heavy (non-hydrogen) atoms. The summed E-state index contributed by atoms with van der Waals surface area (Å²) in [7, 11) is -3.69. The Morgan fingerprint density at radius 2 is 2.12 bits per heavy atom. The Balaban J connectivity index is 3.23. The Hall–Kier alpha value is -0.880. The molecule has 1 heterocycles. The van der Waals surface area contributed by atoms with E-state index in [1.54, 1.807) is 6.07 Å². The van der Waals surface area contributed by atoms with Crippen molar-refractivity contribution in [3.63, 3.8) is 0 Å². The molecule has 0 fully saturated rings. The summed E-state index contributed by atoms with van der Waals surface area (Å²) in [4.78, 5) is 0. The van der Waals surface area contributed by atoms with E-state index in [-0.39, 0.29) is 11.1 Å². The number of nitrogens with two attached hydrogens (primary N) is 1. The van der Waals surface area contributed by atoms with Gasteiger partial charge in [-0.1, -0.05) is 20.3 Å². The van der Waals surface area contributed by atoms with Gasteiger partial charge in [0.25, 0.3) is 10.0 Å². The fraction of sp³-hybridized carbons (Fsp3) is 0.700. The third kappa shape index (κ3) is 2.82. The SMILES string of the molecule is CCCc1cc(S(N)(=O)=O)n(C(C)CC)n1. The van der Waals surface area contributed by atoms with E-state index in [2.05, 4.69) is 5.10 Å². The van der Waals surface area contributed by atoms with E-state index in [0.29, 0.717) is 0 Å². The van der Waals surface area contributed by atoms with Crippen molar-refractivity contribution in [3.8, 4) is 0 Å². The van der Waals surface area contributed by atoms with E-state index in [0.717, 1.165) is 25.0 Å². The van der Waals surface area contributed by atoms with Crippen LogP contribution in [0.2, 0.25) is 0 Å². The summed E-state index contributed by atoms with van der Waals surface area (Å²) >= 11 is 0. The molecule has 1 aromatic heterocycles. The first kappa shape index (κ1) is 13.2. The van der Waals surface area contributed by atoms with Crippen LogP contribution >= 0.6 is 0 Å². The van der Waals surface area contributed by atoms with Gasteiger partial charge in [-0.2, -0.15) is 5.10 Å². The highest BCUT2D eigenvalue weighted by atomic mass is 32.2. The van der Waals surface area contributed by atoms with Crippen LogP contribution in [0.1, 0.15) is 45.3 Å². The van der Waals surface area contributed by atoms with Crippen LogP contribution in [-0.2, 0) is 16.4 Å². The van der Waals surface area contributed by atoms with Gasteiger partial charge < -0.3 is 0 Å². The van der Waals surface area contributed by atoms with Crippen molar-refractivity contribution in [3.05, 3.63) is 11.8 Å². The minimum atomic E-state index is -3.69. The van der Waals surface area contributed by atoms with E-state index in [1.165, 1.54) is 4.68 Å². The molecule has 0 aliphatic rings. The quantitative estimate of drug-likeness (QED) is 0.853. The van der Waals surface area contributed by atoms with Crippen LogP contribution < -0.4 is 5.14 Å². The smallest absolute Gasteiger partial charge is 0.250 e. The topological polar surface area (TPSA) is 78.0 Å². The molecule has 0 aliphatic heterocycles. The van der Waals surface area contributed by atoms with E-state index >= 15 is 0 Å². The molecule has 0 saturated carbocycles. The standard InChI is InChI=1S/C10H19N3O2S/c1-4-6-9-7-10(16(11,14)15)13(12-9)8(3)5-2/h7-8H,4-6H2,1-3H3,(H2,11,14,15). The molecule has 92 valence electrons. The van der Waals surface area contributed by atoms with Crippen molar-refractivity contribution in [1.82, 2.24) is 9.78 Å². The molecule has 0 saturated heterocycles. The summed E-state index contributed by atoms with van der Waals surface area (Å²) in [5, 5.41) is 9.58. The number of nitrogens with zero attached hydrogens (tertiary/aromatic N) is 2. The van der Waals surface area contributed by atoms with Crippen LogP contribution in [0, 0.1) is 0 Å². The molecule has 0 amide bonds. The van der Waals surface area contributed by atoms with Gasteiger partial charge in [-0.15, -0.1) is 0 Å². The van der Waals surface area contributed by atoms with Crippen LogP contribution in [0.3, 0.4) is 0 Å². The average Bonchev–Trinajstić information content (AvgIpc) is 2.61. The molecule has 0 aliphatic carbocycles. The van der Waals surface area contributed by atoms with E-state index < -0.39 is 10.0 Å². The minimum absolute atomic E-state index is 0.0407. The third-order valence-electron chi connectivity index (χ3n) is 2.56. The normalized spacial score (nSPS) is 14.0. The predicted molar refractivity (Wildman–Crippen MR) is 62.6 cm³/mol. The van der Waals surface area contributed by atoms with Crippen molar-refractivity contribution >= 4 is 10.0 Å². The highest BCUT2D eigenvalue weighted by molar-refractivity contribution is 7.89. The minimum Gasteiger partial charge on any atom is -0.250 e. The van der Waals surface area contributed by atoms with Crippen LogP contribution in [0.5, 0.6) is 0 Å². The molecular weight excluding hydrogens is 226 g/mol. The molecule has 0 spiro atoms. The van der Waals surface area contributed by atoms with Crippen LogP contribution in [0.4, 0.5) is 0 Å². The molecule has 6 heteroatoms. The lowest BCUT2D eigenvalue weighted by atomic mass is 10.3. The number of hydrogen-bond acceptors (Lipinski definition) is 3. The van der Waals surface area contributed by atoms with Crippen LogP contribution in [0.15, 0.2) is 11.1 Å². The van der Waals surface area contributed by atoms with Crippen molar-refractivity contribution in [2.24, 2.45) is 5.14 Å². The highest BCUT2D eigenvalue weighted by Gasteiger charge is 2.20. The van der Waals surface area contributed by atoms with Gasteiger partial charge >= 0.3 is 0 Å². The maximum absolute atomic E-state index is 11.4. The number of aryl methyl sites for hydroxylation is 1. The lowest BCUT2D eigenvalue weighted by Gasteiger charge is -2.11. The Morgan fingerprint density at radius 3 is 2.56 bits per heavy atom. The molecule has 0 aromatic carbocycles. The molecule has 2 N–H and O–H groups in total. The lowest BCUT2D eigenvalue weighted by Crippen LogP contribution is -2.19. The highest BCUT2D eigenvalue weighted by Crippen LogP contribution is 2.18. The number of rotatable bonds is 5. The fourth-order valence-electron chi connectivity index (χ4n) is 1.50. The summed E-state index contributed by atoms with van der Waals surface area (Å²) in [6, 6.07) is 1.62. The second-order valence-electron chi connectivity index (χ2n) is 3.97. The van der Waals surface area contributed by atoms with Crippen molar-refractivity contribution < 1.29 is 8.42 Å². The number of sulfonamides is 1. The van der Waals surface area contributed by atoms with Gasteiger partial charge in [-0.25, -0.2) is 18.2 Å². The number of hydrogen-bond donors (Lipinski definition) is 1. The lowest BCUT2D eigenvalue weighted by molar-refractivity contribution is 0.434. The van der Waals surface area contributed by atoms with Gasteiger partial charge in [-0.3, -0.25) is 0 Å². The van der Waals surface area contributed by atoms with E-state index in [4.69, 9.17) is 5.14 Å². The van der Waals surface area contributed by atoms with Gasteiger partial charge in [0, 0.05) is 0 Å². The van der Waals surface area contributed by atoms with Crippen molar-refractivity contribution in [2.75, 3.05) is 0 Å². The summed E-state index contributed by atoms with van der Waals surface area (Å²) in [5.74, 6) is 0. The van der Waals surface area contributed by atoms with Gasteiger partial charge in [0.2, 0.25) is 0 Å².